The lowest BCUT2D eigenvalue weighted by Crippen LogP contribution is -2.39. The molecule has 0 aliphatic carbocycles. The van der Waals surface area contributed by atoms with Crippen molar-refractivity contribution in [3.63, 3.8) is 0 Å². The number of aromatic nitrogens is 2. The van der Waals surface area contributed by atoms with Gasteiger partial charge in [0.25, 0.3) is 0 Å². The van der Waals surface area contributed by atoms with Gasteiger partial charge in [0.05, 0.1) is 0 Å². The van der Waals surface area contributed by atoms with Crippen molar-refractivity contribution in [1.82, 2.24) is 14.9 Å². The molecular formula is C16H29N5. The number of hydrogen-bond acceptors (Lipinski definition) is 5. The van der Waals surface area contributed by atoms with Crippen LogP contribution in [0.4, 0.5) is 11.6 Å². The summed E-state index contributed by atoms with van der Waals surface area (Å²) in [5.41, 5.74) is 0.341. The fourth-order valence-electron chi connectivity index (χ4n) is 2.59. The van der Waals surface area contributed by atoms with Gasteiger partial charge in [-0.05, 0) is 38.3 Å². The normalized spacial score (nSPS) is 20.3. The fourth-order valence-corrected chi connectivity index (χ4v) is 2.59. The molecule has 0 amide bonds. The molecule has 1 saturated heterocycles. The second-order valence-corrected chi connectivity index (χ2v) is 7.27. The van der Waals surface area contributed by atoms with Crippen molar-refractivity contribution in [1.29, 1.82) is 0 Å². The van der Waals surface area contributed by atoms with Gasteiger partial charge in [-0.1, -0.05) is 20.8 Å². The third-order valence-electron chi connectivity index (χ3n) is 3.82. The van der Waals surface area contributed by atoms with E-state index in [1.807, 2.05) is 6.07 Å². The monoisotopic (exact) mass is 291 g/mol. The Hall–Kier alpha value is -1.36. The van der Waals surface area contributed by atoms with Crippen molar-refractivity contribution in [3.8, 4) is 0 Å². The summed E-state index contributed by atoms with van der Waals surface area (Å²) in [6.45, 7) is 9.97. The minimum Gasteiger partial charge on any atom is -0.370 e. The highest BCUT2D eigenvalue weighted by Crippen LogP contribution is 2.19. The van der Waals surface area contributed by atoms with Gasteiger partial charge in [0.2, 0.25) is 0 Å². The molecule has 118 valence electrons. The Morgan fingerprint density at radius 2 is 2.05 bits per heavy atom. The number of rotatable bonds is 5. The maximum Gasteiger partial charge on any atom is 0.131 e. The first-order chi connectivity index (χ1) is 9.92. The average Bonchev–Trinajstić information content (AvgIpc) is 2.37. The predicted octanol–water partition coefficient (Wildman–Crippen LogP) is 2.83. The number of nitrogens with one attached hydrogen (secondary N) is 2. The van der Waals surface area contributed by atoms with Crippen molar-refractivity contribution >= 4 is 11.6 Å². The van der Waals surface area contributed by atoms with Crippen molar-refractivity contribution in [2.45, 2.75) is 46.1 Å². The third-order valence-corrected chi connectivity index (χ3v) is 3.82. The van der Waals surface area contributed by atoms with Gasteiger partial charge in [-0.3, -0.25) is 0 Å². The number of likely N-dealkylation sites (tertiary alicyclic amines) is 1. The van der Waals surface area contributed by atoms with Gasteiger partial charge in [-0.25, -0.2) is 9.97 Å². The van der Waals surface area contributed by atoms with Crippen LogP contribution in [0.25, 0.3) is 0 Å². The second-order valence-electron chi connectivity index (χ2n) is 7.27. The Labute approximate surface area is 128 Å². The van der Waals surface area contributed by atoms with Gasteiger partial charge in [-0.2, -0.15) is 0 Å². The molecule has 1 unspecified atom stereocenters. The summed E-state index contributed by atoms with van der Waals surface area (Å²) >= 11 is 0. The van der Waals surface area contributed by atoms with Crippen LogP contribution in [0, 0.1) is 5.41 Å². The maximum absolute atomic E-state index is 4.33. The van der Waals surface area contributed by atoms with E-state index in [4.69, 9.17) is 0 Å². The van der Waals surface area contributed by atoms with E-state index in [1.54, 1.807) is 6.33 Å². The lowest BCUT2D eigenvalue weighted by atomic mass is 9.92. The van der Waals surface area contributed by atoms with Crippen LogP contribution < -0.4 is 10.6 Å². The Kier molecular flexibility index (Phi) is 5.39. The zero-order valence-corrected chi connectivity index (χ0v) is 13.8. The highest BCUT2D eigenvalue weighted by molar-refractivity contribution is 5.47. The molecule has 5 nitrogen and oxygen atoms in total. The molecule has 2 heterocycles. The van der Waals surface area contributed by atoms with Crippen molar-refractivity contribution < 1.29 is 0 Å². The van der Waals surface area contributed by atoms with E-state index in [9.17, 15) is 0 Å². The largest absolute Gasteiger partial charge is 0.370 e. The number of nitrogens with zero attached hydrogens (tertiary/aromatic N) is 3. The van der Waals surface area contributed by atoms with Crippen LogP contribution in [0.15, 0.2) is 12.4 Å². The molecule has 0 spiro atoms. The molecule has 2 N–H and O–H groups in total. The van der Waals surface area contributed by atoms with Gasteiger partial charge < -0.3 is 15.5 Å². The summed E-state index contributed by atoms with van der Waals surface area (Å²) < 4.78 is 0. The van der Waals surface area contributed by atoms with E-state index in [2.05, 4.69) is 53.3 Å². The quantitative estimate of drug-likeness (QED) is 0.873. The number of piperidine rings is 1. The SMILES string of the molecule is CN1CCCC(Nc2cc(NCCC(C)(C)C)ncn2)C1. The third kappa shape index (κ3) is 5.87. The van der Waals surface area contributed by atoms with Gasteiger partial charge in [-0.15, -0.1) is 0 Å². The van der Waals surface area contributed by atoms with E-state index in [0.717, 1.165) is 31.1 Å². The Balaban J connectivity index is 1.85. The first-order valence-electron chi connectivity index (χ1n) is 7.93. The summed E-state index contributed by atoms with van der Waals surface area (Å²) in [4.78, 5) is 11.0. The molecule has 1 aliphatic heterocycles. The van der Waals surface area contributed by atoms with E-state index in [-0.39, 0.29) is 0 Å². The molecule has 2 rings (SSSR count). The molecule has 1 aliphatic rings. The first-order valence-corrected chi connectivity index (χ1v) is 7.93. The topological polar surface area (TPSA) is 53.1 Å². The van der Waals surface area contributed by atoms with Gasteiger partial charge in [0, 0.05) is 25.2 Å². The molecule has 0 radical (unpaired) electrons. The summed E-state index contributed by atoms with van der Waals surface area (Å²) in [6, 6.07) is 2.50. The number of likely N-dealkylation sites (N-methyl/N-ethyl adjacent to an activating group) is 1. The van der Waals surface area contributed by atoms with Crippen LogP contribution in [-0.2, 0) is 0 Å². The zero-order valence-electron chi connectivity index (χ0n) is 13.8. The Morgan fingerprint density at radius 3 is 2.76 bits per heavy atom. The standard InChI is InChI=1S/C16H29N5/c1-16(2,3)7-8-17-14-10-15(19-12-18-14)20-13-6-5-9-21(4)11-13/h10,12-13H,5-9,11H2,1-4H3,(H2,17,18,19,20). The molecule has 0 aromatic carbocycles. The van der Waals surface area contributed by atoms with Gasteiger partial charge in [0.1, 0.15) is 18.0 Å². The first kappa shape index (κ1) is 16.0. The number of anilines is 2. The van der Waals surface area contributed by atoms with Crippen LogP contribution in [0.1, 0.15) is 40.0 Å². The van der Waals surface area contributed by atoms with Crippen LogP contribution >= 0.6 is 0 Å². The Morgan fingerprint density at radius 1 is 1.29 bits per heavy atom. The van der Waals surface area contributed by atoms with Crippen LogP contribution in [0.2, 0.25) is 0 Å². The minimum atomic E-state index is 0.341. The van der Waals surface area contributed by atoms with Crippen LogP contribution in [0.5, 0.6) is 0 Å². The summed E-state index contributed by atoms with van der Waals surface area (Å²) in [6.07, 6.45) is 5.21. The predicted molar refractivity (Wildman–Crippen MR) is 88.7 cm³/mol. The highest BCUT2D eigenvalue weighted by Gasteiger charge is 2.17. The molecule has 0 bridgehead atoms. The summed E-state index contributed by atoms with van der Waals surface area (Å²) in [7, 11) is 2.17. The molecule has 1 atom stereocenters. The zero-order chi connectivity index (χ0) is 15.3. The number of hydrogen-bond donors (Lipinski definition) is 2. The molecular weight excluding hydrogens is 262 g/mol. The lowest BCUT2D eigenvalue weighted by Gasteiger charge is -2.30. The molecule has 0 saturated carbocycles. The molecule has 1 fully saturated rings. The van der Waals surface area contributed by atoms with Crippen molar-refractivity contribution in [3.05, 3.63) is 12.4 Å². The molecule has 1 aromatic heterocycles. The lowest BCUT2D eigenvalue weighted by molar-refractivity contribution is 0.261. The molecule has 5 heteroatoms. The van der Waals surface area contributed by atoms with E-state index in [0.29, 0.717) is 11.5 Å². The fraction of sp³-hybridized carbons (Fsp3) is 0.750. The van der Waals surface area contributed by atoms with Crippen molar-refractivity contribution in [2.24, 2.45) is 5.41 Å². The average molecular weight is 291 g/mol. The van der Waals surface area contributed by atoms with E-state index >= 15 is 0 Å². The molecule has 1 aromatic rings. The van der Waals surface area contributed by atoms with Gasteiger partial charge >= 0.3 is 0 Å². The maximum atomic E-state index is 4.33. The van der Waals surface area contributed by atoms with Crippen molar-refractivity contribution in [2.75, 3.05) is 37.3 Å². The summed E-state index contributed by atoms with van der Waals surface area (Å²) in [5, 5.41) is 6.91. The smallest absolute Gasteiger partial charge is 0.131 e. The van der Waals surface area contributed by atoms with Gasteiger partial charge in [0.15, 0.2) is 0 Å². The second kappa shape index (κ2) is 7.07. The Bertz CT molecular complexity index is 441. The van der Waals surface area contributed by atoms with Crippen LogP contribution in [0.3, 0.4) is 0 Å². The minimum absolute atomic E-state index is 0.341. The van der Waals surface area contributed by atoms with Crippen LogP contribution in [-0.4, -0.2) is 47.6 Å². The summed E-state index contributed by atoms with van der Waals surface area (Å²) in [5.74, 6) is 1.82. The highest BCUT2D eigenvalue weighted by atomic mass is 15.2. The van der Waals surface area contributed by atoms with E-state index < -0.39 is 0 Å². The molecule has 21 heavy (non-hydrogen) atoms. The van der Waals surface area contributed by atoms with E-state index in [1.165, 1.54) is 19.4 Å².